The molecule has 1 saturated heterocycles. The van der Waals surface area contributed by atoms with Crippen molar-refractivity contribution in [3.05, 3.63) is 46.9 Å². The number of amides is 1. The van der Waals surface area contributed by atoms with Crippen LogP contribution in [0, 0.1) is 0 Å². The zero-order valence-corrected chi connectivity index (χ0v) is 14.2. The van der Waals surface area contributed by atoms with Crippen molar-refractivity contribution in [3.8, 4) is 11.5 Å². The fraction of sp³-hybridized carbons (Fsp3) is 0.312. The van der Waals surface area contributed by atoms with Crippen LogP contribution in [0.5, 0.6) is 0 Å². The van der Waals surface area contributed by atoms with E-state index in [0.29, 0.717) is 37.0 Å². The van der Waals surface area contributed by atoms with Crippen molar-refractivity contribution in [3.63, 3.8) is 0 Å². The van der Waals surface area contributed by atoms with Crippen LogP contribution in [0.1, 0.15) is 15.6 Å². The Balaban J connectivity index is 1.33. The van der Waals surface area contributed by atoms with E-state index in [4.69, 9.17) is 4.52 Å². The van der Waals surface area contributed by atoms with Crippen LogP contribution < -0.4 is 0 Å². The Morgan fingerprint density at radius 1 is 1.24 bits per heavy atom. The standard InChI is InChI=1S/C16H16N6O2S/c23-16(13-2-1-9-25-13)22-7-5-21(6-8-22)11-14-19-15(20-24-14)12-10-17-3-4-18-12/h1-4,9-10H,5-8,11H2. The third-order valence-corrected chi connectivity index (χ3v) is 4.87. The van der Waals surface area contributed by atoms with Gasteiger partial charge in [0.15, 0.2) is 0 Å². The van der Waals surface area contributed by atoms with Gasteiger partial charge >= 0.3 is 0 Å². The van der Waals surface area contributed by atoms with Gasteiger partial charge in [0.05, 0.1) is 17.6 Å². The summed E-state index contributed by atoms with van der Waals surface area (Å²) in [5.74, 6) is 1.09. The number of nitrogens with zero attached hydrogens (tertiary/aromatic N) is 6. The number of hydrogen-bond acceptors (Lipinski definition) is 8. The van der Waals surface area contributed by atoms with E-state index in [9.17, 15) is 4.79 Å². The molecule has 3 aromatic heterocycles. The van der Waals surface area contributed by atoms with Gasteiger partial charge in [0, 0.05) is 38.6 Å². The van der Waals surface area contributed by atoms with E-state index in [-0.39, 0.29) is 5.91 Å². The van der Waals surface area contributed by atoms with Crippen molar-refractivity contribution in [2.45, 2.75) is 6.54 Å². The summed E-state index contributed by atoms with van der Waals surface area (Å²) >= 11 is 1.48. The second kappa shape index (κ2) is 7.08. The minimum Gasteiger partial charge on any atom is -0.337 e. The summed E-state index contributed by atoms with van der Waals surface area (Å²) in [6.45, 7) is 3.51. The molecule has 8 nitrogen and oxygen atoms in total. The fourth-order valence-electron chi connectivity index (χ4n) is 2.69. The maximum atomic E-state index is 12.4. The molecule has 0 aromatic carbocycles. The molecule has 3 aromatic rings. The van der Waals surface area contributed by atoms with Crippen LogP contribution in [0.15, 0.2) is 40.6 Å². The number of thiophene rings is 1. The lowest BCUT2D eigenvalue weighted by molar-refractivity contribution is 0.0620. The fourth-order valence-corrected chi connectivity index (χ4v) is 3.38. The Morgan fingerprint density at radius 3 is 2.84 bits per heavy atom. The molecule has 128 valence electrons. The van der Waals surface area contributed by atoms with E-state index in [1.54, 1.807) is 18.6 Å². The molecule has 4 rings (SSSR count). The van der Waals surface area contributed by atoms with Gasteiger partial charge in [0.25, 0.3) is 5.91 Å². The van der Waals surface area contributed by atoms with Crippen LogP contribution >= 0.6 is 11.3 Å². The molecule has 0 saturated carbocycles. The number of aromatic nitrogens is 4. The quantitative estimate of drug-likeness (QED) is 0.701. The van der Waals surface area contributed by atoms with E-state index < -0.39 is 0 Å². The highest BCUT2D eigenvalue weighted by Crippen LogP contribution is 2.16. The molecule has 0 unspecified atom stereocenters. The molecule has 25 heavy (non-hydrogen) atoms. The molecule has 1 fully saturated rings. The third kappa shape index (κ3) is 3.57. The van der Waals surface area contributed by atoms with E-state index in [1.165, 1.54) is 11.3 Å². The first kappa shape index (κ1) is 15.9. The molecular weight excluding hydrogens is 340 g/mol. The minimum atomic E-state index is 0.109. The van der Waals surface area contributed by atoms with Gasteiger partial charge in [-0.05, 0) is 11.4 Å². The number of rotatable bonds is 4. The van der Waals surface area contributed by atoms with Gasteiger partial charge in [-0.1, -0.05) is 11.2 Å². The van der Waals surface area contributed by atoms with Crippen LogP contribution in [0.25, 0.3) is 11.5 Å². The van der Waals surface area contributed by atoms with Crippen molar-refractivity contribution < 1.29 is 9.32 Å². The van der Waals surface area contributed by atoms with E-state index in [0.717, 1.165) is 18.0 Å². The van der Waals surface area contributed by atoms with Crippen LogP contribution in [-0.4, -0.2) is 62.0 Å². The average molecular weight is 356 g/mol. The lowest BCUT2D eigenvalue weighted by atomic mass is 10.3. The van der Waals surface area contributed by atoms with Crippen molar-refractivity contribution in [2.24, 2.45) is 0 Å². The van der Waals surface area contributed by atoms with Crippen molar-refractivity contribution >= 4 is 17.2 Å². The van der Waals surface area contributed by atoms with Gasteiger partial charge in [-0.2, -0.15) is 4.98 Å². The summed E-state index contributed by atoms with van der Waals surface area (Å²) in [7, 11) is 0. The van der Waals surface area contributed by atoms with E-state index in [2.05, 4.69) is 25.0 Å². The van der Waals surface area contributed by atoms with Gasteiger partial charge in [0.1, 0.15) is 5.69 Å². The first-order valence-corrected chi connectivity index (χ1v) is 8.81. The maximum absolute atomic E-state index is 12.4. The molecule has 0 radical (unpaired) electrons. The smallest absolute Gasteiger partial charge is 0.264 e. The predicted molar refractivity (Wildman–Crippen MR) is 90.8 cm³/mol. The number of piperazine rings is 1. The number of carbonyl (C=O) groups is 1. The monoisotopic (exact) mass is 356 g/mol. The van der Waals surface area contributed by atoms with Crippen molar-refractivity contribution in [1.82, 2.24) is 29.9 Å². The normalized spacial score (nSPS) is 15.4. The third-order valence-electron chi connectivity index (χ3n) is 4.01. The average Bonchev–Trinajstić information content (AvgIpc) is 3.35. The van der Waals surface area contributed by atoms with Gasteiger partial charge in [-0.3, -0.25) is 14.7 Å². The van der Waals surface area contributed by atoms with Crippen molar-refractivity contribution in [2.75, 3.05) is 26.2 Å². The lowest BCUT2D eigenvalue weighted by Gasteiger charge is -2.33. The summed E-state index contributed by atoms with van der Waals surface area (Å²) in [4.78, 5) is 29.8. The van der Waals surface area contributed by atoms with Gasteiger partial charge < -0.3 is 9.42 Å². The highest BCUT2D eigenvalue weighted by molar-refractivity contribution is 7.12. The highest BCUT2D eigenvalue weighted by Gasteiger charge is 2.24. The second-order valence-electron chi connectivity index (χ2n) is 5.65. The van der Waals surface area contributed by atoms with Crippen LogP contribution in [-0.2, 0) is 6.54 Å². The maximum Gasteiger partial charge on any atom is 0.264 e. The van der Waals surface area contributed by atoms with Gasteiger partial charge in [0.2, 0.25) is 11.7 Å². The zero-order chi connectivity index (χ0) is 17.1. The highest BCUT2D eigenvalue weighted by atomic mass is 32.1. The molecule has 0 spiro atoms. The van der Waals surface area contributed by atoms with Crippen molar-refractivity contribution in [1.29, 1.82) is 0 Å². The van der Waals surface area contributed by atoms with Gasteiger partial charge in [-0.15, -0.1) is 11.3 Å². The largest absolute Gasteiger partial charge is 0.337 e. The number of hydrogen-bond donors (Lipinski definition) is 0. The summed E-state index contributed by atoms with van der Waals surface area (Å²) in [5, 5.41) is 5.87. The second-order valence-corrected chi connectivity index (χ2v) is 6.60. The molecule has 1 aliphatic heterocycles. The molecule has 9 heteroatoms. The molecule has 1 amide bonds. The zero-order valence-electron chi connectivity index (χ0n) is 13.4. The van der Waals surface area contributed by atoms with Crippen LogP contribution in [0.3, 0.4) is 0 Å². The molecule has 0 N–H and O–H groups in total. The Labute approximate surface area is 148 Å². The molecule has 4 heterocycles. The predicted octanol–water partition coefficient (Wildman–Crippen LogP) is 1.55. The number of carbonyl (C=O) groups excluding carboxylic acids is 1. The Kier molecular flexibility index (Phi) is 4.49. The molecule has 0 aliphatic carbocycles. The minimum absolute atomic E-state index is 0.109. The summed E-state index contributed by atoms with van der Waals surface area (Å²) < 4.78 is 5.31. The summed E-state index contributed by atoms with van der Waals surface area (Å²) in [6.07, 6.45) is 4.79. The summed E-state index contributed by atoms with van der Waals surface area (Å²) in [6, 6.07) is 3.77. The Hall–Kier alpha value is -2.65. The molecule has 0 bridgehead atoms. The first-order valence-electron chi connectivity index (χ1n) is 7.94. The SMILES string of the molecule is O=C(c1cccs1)N1CCN(Cc2nc(-c3cnccn3)no2)CC1. The Morgan fingerprint density at radius 2 is 2.12 bits per heavy atom. The molecule has 1 aliphatic rings. The first-order chi connectivity index (χ1) is 12.3. The molecule has 0 atom stereocenters. The Bertz CT molecular complexity index is 827. The lowest BCUT2D eigenvalue weighted by Crippen LogP contribution is -2.48. The van der Waals surface area contributed by atoms with Crippen LogP contribution in [0.4, 0.5) is 0 Å². The van der Waals surface area contributed by atoms with E-state index >= 15 is 0 Å². The van der Waals surface area contributed by atoms with Gasteiger partial charge in [-0.25, -0.2) is 4.98 Å². The van der Waals surface area contributed by atoms with Crippen LogP contribution in [0.2, 0.25) is 0 Å². The summed E-state index contributed by atoms with van der Waals surface area (Å²) in [5.41, 5.74) is 0.587. The van der Waals surface area contributed by atoms with E-state index in [1.807, 2.05) is 22.4 Å². The molecular formula is C16H16N6O2S. The topological polar surface area (TPSA) is 88.3 Å².